The third-order valence-corrected chi connectivity index (χ3v) is 6.75. The molecule has 0 saturated carbocycles. The lowest BCUT2D eigenvalue weighted by atomic mass is 9.99. The third kappa shape index (κ3) is 3.66. The second-order valence-corrected chi connectivity index (χ2v) is 9.20. The first-order valence-electron chi connectivity index (χ1n) is 8.56. The number of nitrogens with zero attached hydrogens (tertiary/aromatic N) is 1. The molecular formula is C20H25NO3S. The molecule has 4 nitrogen and oxygen atoms in total. The van der Waals surface area contributed by atoms with Crippen molar-refractivity contribution < 1.29 is 13.2 Å². The number of fused-ring (bicyclic) bond motifs is 1. The number of hydrogen-bond acceptors (Lipinski definition) is 4. The zero-order valence-electron chi connectivity index (χ0n) is 15.0. The average Bonchev–Trinajstić information content (AvgIpc) is 3.05. The van der Waals surface area contributed by atoms with E-state index in [1.807, 2.05) is 6.07 Å². The Labute approximate surface area is 150 Å². The average molecular weight is 359 g/mol. The second-order valence-electron chi connectivity index (χ2n) is 7.09. The molecule has 0 amide bonds. The van der Waals surface area contributed by atoms with E-state index in [0.29, 0.717) is 17.1 Å². The van der Waals surface area contributed by atoms with Crippen LogP contribution in [-0.2, 0) is 16.3 Å². The van der Waals surface area contributed by atoms with Gasteiger partial charge in [-0.3, -0.25) is 0 Å². The van der Waals surface area contributed by atoms with Crippen LogP contribution >= 0.6 is 0 Å². The van der Waals surface area contributed by atoms with Gasteiger partial charge < -0.3 is 9.64 Å². The van der Waals surface area contributed by atoms with Gasteiger partial charge in [0.2, 0.25) is 0 Å². The minimum atomic E-state index is -3.31. The fraction of sp³-hybridized carbons (Fsp3) is 0.400. The van der Waals surface area contributed by atoms with E-state index in [9.17, 15) is 8.42 Å². The van der Waals surface area contributed by atoms with Crippen molar-refractivity contribution in [3.8, 4) is 5.75 Å². The summed E-state index contributed by atoms with van der Waals surface area (Å²) < 4.78 is 30.5. The summed E-state index contributed by atoms with van der Waals surface area (Å²) in [6.07, 6.45) is 1.60. The highest BCUT2D eigenvalue weighted by atomic mass is 32.2. The van der Waals surface area contributed by atoms with Gasteiger partial charge >= 0.3 is 0 Å². The van der Waals surface area contributed by atoms with Crippen molar-refractivity contribution in [2.45, 2.75) is 37.1 Å². The number of anilines is 1. The first-order chi connectivity index (χ1) is 11.8. The zero-order chi connectivity index (χ0) is 18.1. The van der Waals surface area contributed by atoms with Crippen LogP contribution in [-0.4, -0.2) is 33.4 Å². The number of para-hydroxylation sites is 1. The zero-order valence-corrected chi connectivity index (χ0v) is 15.8. The Hall–Kier alpha value is -2.01. The molecule has 1 aliphatic heterocycles. The summed E-state index contributed by atoms with van der Waals surface area (Å²) in [5.74, 6) is 0.790. The van der Waals surface area contributed by atoms with Crippen molar-refractivity contribution in [1.29, 1.82) is 0 Å². The highest BCUT2D eigenvalue weighted by Gasteiger charge is 2.33. The van der Waals surface area contributed by atoms with Crippen LogP contribution in [0.3, 0.4) is 0 Å². The van der Waals surface area contributed by atoms with Crippen LogP contribution < -0.4 is 9.64 Å². The number of ether oxygens (including phenoxy) is 1. The van der Waals surface area contributed by atoms with Gasteiger partial charge in [-0.1, -0.05) is 18.2 Å². The third-order valence-electron chi connectivity index (χ3n) is 5.02. The monoisotopic (exact) mass is 359 g/mol. The molecule has 3 rings (SSSR count). The molecule has 0 bridgehead atoms. The Morgan fingerprint density at radius 3 is 2.44 bits per heavy atom. The van der Waals surface area contributed by atoms with E-state index in [1.165, 1.54) is 11.3 Å². The summed E-state index contributed by atoms with van der Waals surface area (Å²) >= 11 is 0. The number of rotatable bonds is 6. The van der Waals surface area contributed by atoms with Crippen LogP contribution in [0.5, 0.6) is 5.75 Å². The van der Waals surface area contributed by atoms with Crippen LogP contribution in [0.2, 0.25) is 0 Å². The van der Waals surface area contributed by atoms with Crippen molar-refractivity contribution in [1.82, 2.24) is 0 Å². The van der Waals surface area contributed by atoms with E-state index in [1.54, 1.807) is 31.4 Å². The lowest BCUT2D eigenvalue weighted by molar-refractivity contribution is 0.414. The van der Waals surface area contributed by atoms with Gasteiger partial charge in [-0.25, -0.2) is 8.42 Å². The van der Waals surface area contributed by atoms with Crippen molar-refractivity contribution in [3.05, 3.63) is 54.1 Å². The summed E-state index contributed by atoms with van der Waals surface area (Å²) in [5.41, 5.74) is 2.36. The van der Waals surface area contributed by atoms with Crippen LogP contribution in [0, 0.1) is 0 Å². The molecule has 134 valence electrons. The van der Waals surface area contributed by atoms with E-state index in [4.69, 9.17) is 4.74 Å². The van der Waals surface area contributed by atoms with Gasteiger partial charge in [0.15, 0.2) is 9.84 Å². The van der Waals surface area contributed by atoms with Gasteiger partial charge in [-0.05, 0) is 62.6 Å². The molecule has 2 aromatic rings. The molecule has 0 aliphatic carbocycles. The molecule has 25 heavy (non-hydrogen) atoms. The minimum absolute atomic E-state index is 0.130. The molecule has 0 aromatic heterocycles. The highest BCUT2D eigenvalue weighted by Crippen LogP contribution is 2.35. The maximum absolute atomic E-state index is 12.7. The molecule has 0 radical (unpaired) electrons. The van der Waals surface area contributed by atoms with Crippen LogP contribution in [0.25, 0.3) is 0 Å². The highest BCUT2D eigenvalue weighted by molar-refractivity contribution is 7.91. The number of hydrogen-bond donors (Lipinski definition) is 0. The van der Waals surface area contributed by atoms with E-state index < -0.39 is 9.84 Å². The quantitative estimate of drug-likeness (QED) is 0.789. The fourth-order valence-electron chi connectivity index (χ4n) is 3.39. The smallest absolute Gasteiger partial charge is 0.178 e. The molecule has 0 spiro atoms. The van der Waals surface area contributed by atoms with Crippen LogP contribution in [0.15, 0.2) is 53.4 Å². The Kier molecular flexibility index (Phi) is 4.78. The largest absolute Gasteiger partial charge is 0.497 e. The van der Waals surface area contributed by atoms with Gasteiger partial charge in [0.05, 0.1) is 17.8 Å². The minimum Gasteiger partial charge on any atom is -0.497 e. The van der Waals surface area contributed by atoms with Crippen molar-refractivity contribution in [2.75, 3.05) is 24.3 Å². The van der Waals surface area contributed by atoms with Crippen molar-refractivity contribution in [3.63, 3.8) is 0 Å². The van der Waals surface area contributed by atoms with Gasteiger partial charge in [0, 0.05) is 17.8 Å². The Morgan fingerprint density at radius 1 is 1.08 bits per heavy atom. The van der Waals surface area contributed by atoms with Crippen LogP contribution in [0.4, 0.5) is 5.69 Å². The molecule has 2 aromatic carbocycles. The molecule has 0 atom stereocenters. The van der Waals surface area contributed by atoms with E-state index in [2.05, 4.69) is 36.9 Å². The SMILES string of the molecule is COc1ccc(S(=O)(=O)CCC(C)(C)N2CCc3ccccc32)cc1. The summed E-state index contributed by atoms with van der Waals surface area (Å²) in [4.78, 5) is 2.69. The molecule has 1 aliphatic rings. The molecule has 0 saturated heterocycles. The molecular weight excluding hydrogens is 334 g/mol. The predicted octanol–water partition coefficient (Wildman–Crippen LogP) is 3.70. The van der Waals surface area contributed by atoms with Crippen LogP contribution in [0.1, 0.15) is 25.8 Å². The van der Waals surface area contributed by atoms with Gasteiger partial charge in [-0.15, -0.1) is 0 Å². The molecule has 0 fully saturated rings. The summed E-state index contributed by atoms with van der Waals surface area (Å²) in [6, 6.07) is 15.0. The van der Waals surface area contributed by atoms with E-state index in [-0.39, 0.29) is 11.3 Å². The second kappa shape index (κ2) is 6.71. The molecule has 0 N–H and O–H groups in total. The van der Waals surface area contributed by atoms with Crippen molar-refractivity contribution >= 4 is 15.5 Å². The van der Waals surface area contributed by atoms with E-state index >= 15 is 0 Å². The fourth-order valence-corrected chi connectivity index (χ4v) is 4.94. The predicted molar refractivity (Wildman–Crippen MR) is 101 cm³/mol. The summed E-state index contributed by atoms with van der Waals surface area (Å²) in [6.45, 7) is 5.19. The molecule has 1 heterocycles. The Bertz CT molecular complexity index is 841. The topological polar surface area (TPSA) is 46.6 Å². The van der Waals surface area contributed by atoms with Gasteiger partial charge in [0.1, 0.15) is 5.75 Å². The van der Waals surface area contributed by atoms with E-state index in [0.717, 1.165) is 13.0 Å². The Balaban J connectivity index is 1.73. The lowest BCUT2D eigenvalue weighted by Gasteiger charge is -2.38. The number of benzene rings is 2. The molecule has 0 unspecified atom stereocenters. The number of methoxy groups -OCH3 is 1. The Morgan fingerprint density at radius 2 is 1.76 bits per heavy atom. The number of sulfone groups is 1. The maximum atomic E-state index is 12.7. The molecule has 5 heteroatoms. The summed E-state index contributed by atoms with van der Waals surface area (Å²) in [5, 5.41) is 0. The maximum Gasteiger partial charge on any atom is 0.178 e. The van der Waals surface area contributed by atoms with Gasteiger partial charge in [0.25, 0.3) is 0 Å². The lowest BCUT2D eigenvalue weighted by Crippen LogP contribution is -2.44. The van der Waals surface area contributed by atoms with Crippen molar-refractivity contribution in [2.24, 2.45) is 0 Å². The first kappa shape index (κ1) is 17.8. The first-order valence-corrected chi connectivity index (χ1v) is 10.2. The standard InChI is InChI=1S/C20H25NO3S/c1-20(2,21-14-12-16-6-4-5-7-19(16)21)13-15-25(22,23)18-10-8-17(24-3)9-11-18/h4-11H,12-15H2,1-3H3. The van der Waals surface area contributed by atoms with Gasteiger partial charge in [-0.2, -0.15) is 0 Å². The summed E-state index contributed by atoms with van der Waals surface area (Å²) in [7, 11) is -1.74. The normalized spacial score (nSPS) is 14.4.